The largest absolute Gasteiger partial charge is 0.411 e. The Hall–Kier alpha value is -0.570. The molecule has 55 valence electrons. The zero-order chi connectivity index (χ0) is 6.97. The molecule has 10 heavy (non-hydrogen) atoms. The average Bonchev–Trinajstić information content (AvgIpc) is 2.30. The third-order valence-electron chi connectivity index (χ3n) is 2.34. The van der Waals surface area contributed by atoms with E-state index in [-0.39, 0.29) is 0 Å². The van der Waals surface area contributed by atoms with Gasteiger partial charge >= 0.3 is 0 Å². The first kappa shape index (κ1) is 6.16. The lowest BCUT2D eigenvalue weighted by Crippen LogP contribution is -2.32. The lowest BCUT2D eigenvalue weighted by Gasteiger charge is -2.18. The summed E-state index contributed by atoms with van der Waals surface area (Å²) in [6.45, 7) is 0. The van der Waals surface area contributed by atoms with E-state index in [0.717, 1.165) is 18.6 Å². The topological polar surface area (TPSA) is 46.7 Å². The molecule has 2 fully saturated rings. The van der Waals surface area contributed by atoms with Crippen molar-refractivity contribution < 1.29 is 5.21 Å². The summed E-state index contributed by atoms with van der Waals surface area (Å²) in [6.07, 6.45) is 4.19. The van der Waals surface area contributed by atoms with Crippen molar-refractivity contribution in [1.82, 2.24) is 5.32 Å². The number of hydrogen-bond donors (Lipinski definition) is 1. The fraction of sp³-hybridized carbons (Fsp3) is 0.857. The molecule has 0 aromatic carbocycles. The molecule has 2 heterocycles. The Bertz CT molecular complexity index is 153. The molecule has 0 aliphatic carbocycles. The van der Waals surface area contributed by atoms with Gasteiger partial charge in [0.05, 0.1) is 5.71 Å². The van der Waals surface area contributed by atoms with Crippen molar-refractivity contribution in [2.24, 2.45) is 5.16 Å². The average molecular weight is 139 g/mol. The van der Waals surface area contributed by atoms with Crippen LogP contribution in [0.1, 0.15) is 25.7 Å². The lowest BCUT2D eigenvalue weighted by molar-refractivity contribution is 0.312. The van der Waals surface area contributed by atoms with Gasteiger partial charge in [-0.2, -0.15) is 0 Å². The zero-order valence-corrected chi connectivity index (χ0v) is 5.82. The van der Waals surface area contributed by atoms with Gasteiger partial charge in [0.1, 0.15) is 0 Å². The van der Waals surface area contributed by atoms with Crippen LogP contribution < -0.4 is 5.32 Å². The van der Waals surface area contributed by atoms with Gasteiger partial charge in [0.25, 0.3) is 0 Å². The van der Waals surface area contributed by atoms with E-state index in [1.54, 1.807) is 0 Å². The van der Waals surface area contributed by atoms with E-state index in [0.29, 0.717) is 12.1 Å². The normalized spacial score (nSPS) is 38.2. The van der Waals surface area contributed by atoms with E-state index >= 15 is 0 Å². The maximum Gasteiger partial charge on any atom is 0.0603 e. The Morgan fingerprint density at radius 2 is 1.90 bits per heavy atom. The van der Waals surface area contributed by atoms with Crippen LogP contribution >= 0.6 is 0 Å². The molecule has 2 saturated heterocycles. The SMILES string of the molecule is ON=C1CC2CCC(C1)[N]2. The van der Waals surface area contributed by atoms with E-state index < -0.39 is 0 Å². The van der Waals surface area contributed by atoms with Crippen LogP contribution in [0, 0.1) is 0 Å². The molecule has 2 rings (SSSR count). The molecule has 2 bridgehead atoms. The molecular formula is C7H11N2O. The van der Waals surface area contributed by atoms with Gasteiger partial charge in [-0.25, -0.2) is 5.32 Å². The molecule has 0 aromatic rings. The van der Waals surface area contributed by atoms with Crippen molar-refractivity contribution in [3.63, 3.8) is 0 Å². The summed E-state index contributed by atoms with van der Waals surface area (Å²) in [5, 5.41) is 16.2. The number of piperidine rings is 1. The van der Waals surface area contributed by atoms with Crippen LogP contribution in [0.4, 0.5) is 0 Å². The summed E-state index contributed by atoms with van der Waals surface area (Å²) >= 11 is 0. The van der Waals surface area contributed by atoms with Crippen LogP contribution in [-0.2, 0) is 0 Å². The molecular weight excluding hydrogens is 128 g/mol. The number of hydrogen-bond acceptors (Lipinski definition) is 2. The highest BCUT2D eigenvalue weighted by atomic mass is 16.4. The summed E-state index contributed by atoms with van der Waals surface area (Å²) in [6, 6.07) is 0.953. The highest BCUT2D eigenvalue weighted by Crippen LogP contribution is 2.26. The molecule has 2 atom stereocenters. The van der Waals surface area contributed by atoms with Crippen LogP contribution in [0.3, 0.4) is 0 Å². The molecule has 1 radical (unpaired) electrons. The predicted octanol–water partition coefficient (Wildman–Crippen LogP) is 0.746. The fourth-order valence-electron chi connectivity index (χ4n) is 1.85. The fourth-order valence-corrected chi connectivity index (χ4v) is 1.85. The zero-order valence-electron chi connectivity index (χ0n) is 5.82. The molecule has 0 amide bonds. The minimum absolute atomic E-state index is 0.477. The third-order valence-corrected chi connectivity index (χ3v) is 2.34. The van der Waals surface area contributed by atoms with E-state index in [9.17, 15) is 0 Å². The van der Waals surface area contributed by atoms with Gasteiger partial charge in [-0.15, -0.1) is 0 Å². The van der Waals surface area contributed by atoms with E-state index in [1.165, 1.54) is 12.8 Å². The number of fused-ring (bicyclic) bond motifs is 2. The first-order valence-electron chi connectivity index (χ1n) is 3.78. The summed E-state index contributed by atoms with van der Waals surface area (Å²) < 4.78 is 0. The summed E-state index contributed by atoms with van der Waals surface area (Å²) in [5.41, 5.74) is 0.947. The van der Waals surface area contributed by atoms with Crippen LogP contribution in [0.25, 0.3) is 0 Å². The van der Waals surface area contributed by atoms with Crippen molar-refractivity contribution in [2.45, 2.75) is 37.8 Å². The van der Waals surface area contributed by atoms with Gasteiger partial charge in [0.15, 0.2) is 0 Å². The highest BCUT2D eigenvalue weighted by Gasteiger charge is 2.32. The highest BCUT2D eigenvalue weighted by molar-refractivity contribution is 5.86. The second-order valence-electron chi connectivity index (χ2n) is 3.11. The van der Waals surface area contributed by atoms with Crippen LogP contribution in [0.5, 0.6) is 0 Å². The molecule has 2 unspecified atom stereocenters. The Labute approximate surface area is 60.1 Å². The third kappa shape index (κ3) is 0.904. The van der Waals surface area contributed by atoms with Gasteiger partial charge < -0.3 is 5.21 Å². The Morgan fingerprint density at radius 1 is 1.30 bits per heavy atom. The Balaban J connectivity index is 2.09. The van der Waals surface area contributed by atoms with Gasteiger partial charge in [-0.1, -0.05) is 5.16 Å². The molecule has 1 N–H and O–H groups in total. The van der Waals surface area contributed by atoms with E-state index in [2.05, 4.69) is 10.5 Å². The van der Waals surface area contributed by atoms with Gasteiger partial charge in [-0.3, -0.25) is 0 Å². The van der Waals surface area contributed by atoms with Crippen LogP contribution in [0.2, 0.25) is 0 Å². The lowest BCUT2D eigenvalue weighted by atomic mass is 10.0. The molecule has 0 aromatic heterocycles. The van der Waals surface area contributed by atoms with Gasteiger partial charge in [0, 0.05) is 24.9 Å². The summed E-state index contributed by atoms with van der Waals surface area (Å²) in [5.74, 6) is 0. The summed E-state index contributed by atoms with van der Waals surface area (Å²) in [7, 11) is 0. The van der Waals surface area contributed by atoms with Crippen molar-refractivity contribution in [3.05, 3.63) is 0 Å². The second kappa shape index (κ2) is 2.23. The van der Waals surface area contributed by atoms with Crippen molar-refractivity contribution in [1.29, 1.82) is 0 Å². The predicted molar refractivity (Wildman–Crippen MR) is 37.4 cm³/mol. The molecule has 0 saturated carbocycles. The maximum absolute atomic E-state index is 8.50. The molecule has 0 spiro atoms. The van der Waals surface area contributed by atoms with Crippen molar-refractivity contribution in [2.75, 3.05) is 0 Å². The quantitative estimate of drug-likeness (QED) is 0.390. The number of oxime groups is 1. The maximum atomic E-state index is 8.50. The molecule has 3 heteroatoms. The first-order chi connectivity index (χ1) is 4.88. The molecule has 3 nitrogen and oxygen atoms in total. The summed E-state index contributed by atoms with van der Waals surface area (Å²) in [4.78, 5) is 0. The van der Waals surface area contributed by atoms with Gasteiger partial charge in [0.2, 0.25) is 0 Å². The first-order valence-corrected chi connectivity index (χ1v) is 3.78. The number of rotatable bonds is 0. The minimum Gasteiger partial charge on any atom is -0.411 e. The number of nitrogens with zero attached hydrogens (tertiary/aromatic N) is 2. The Kier molecular flexibility index (Phi) is 1.38. The standard InChI is InChI=1S/C7H11N2O/c10-9-7-3-5-1-2-6(4-7)8-5/h5-6,10H,1-4H2. The molecule has 2 aliphatic rings. The second-order valence-corrected chi connectivity index (χ2v) is 3.11. The minimum atomic E-state index is 0.477. The van der Waals surface area contributed by atoms with E-state index in [1.807, 2.05) is 0 Å². The molecule has 2 aliphatic heterocycles. The smallest absolute Gasteiger partial charge is 0.0603 e. The van der Waals surface area contributed by atoms with E-state index in [4.69, 9.17) is 5.21 Å². The van der Waals surface area contributed by atoms with Crippen molar-refractivity contribution in [3.8, 4) is 0 Å². The van der Waals surface area contributed by atoms with Crippen molar-refractivity contribution >= 4 is 5.71 Å². The van der Waals surface area contributed by atoms with Crippen LogP contribution in [-0.4, -0.2) is 23.0 Å². The van der Waals surface area contributed by atoms with Crippen LogP contribution in [0.15, 0.2) is 5.16 Å². The van der Waals surface area contributed by atoms with Gasteiger partial charge in [-0.05, 0) is 12.8 Å². The monoisotopic (exact) mass is 139 g/mol. The Morgan fingerprint density at radius 3 is 2.40 bits per heavy atom.